The molecular formula is C21H16ClFN4O. The zero-order valence-corrected chi connectivity index (χ0v) is 15.5. The molecule has 5 nitrogen and oxygen atoms in total. The fourth-order valence-electron chi connectivity index (χ4n) is 3.00. The van der Waals surface area contributed by atoms with Crippen molar-refractivity contribution in [2.24, 2.45) is 0 Å². The van der Waals surface area contributed by atoms with Crippen LogP contribution in [0.1, 0.15) is 12.2 Å². The van der Waals surface area contributed by atoms with Crippen LogP contribution in [0.25, 0.3) is 16.9 Å². The normalized spacial score (nSPS) is 10.9. The van der Waals surface area contributed by atoms with Crippen LogP contribution in [0.5, 0.6) is 0 Å². The van der Waals surface area contributed by atoms with Crippen LogP contribution in [0.3, 0.4) is 0 Å². The number of carbonyl (C=O) groups is 1. The van der Waals surface area contributed by atoms with Gasteiger partial charge in [-0.3, -0.25) is 9.36 Å². The topological polar surface area (TPSA) is 59.8 Å². The van der Waals surface area contributed by atoms with E-state index in [-0.39, 0.29) is 17.4 Å². The molecule has 2 heterocycles. The number of nitrogens with one attached hydrogen (secondary N) is 1. The van der Waals surface area contributed by atoms with Crippen molar-refractivity contribution in [1.82, 2.24) is 14.5 Å². The average Bonchev–Trinajstić information content (AvgIpc) is 3.08. The van der Waals surface area contributed by atoms with Gasteiger partial charge in [-0.15, -0.1) is 0 Å². The first-order valence-corrected chi connectivity index (χ1v) is 9.12. The third-order valence-corrected chi connectivity index (χ3v) is 4.57. The number of nitrogens with zero attached hydrogens (tertiary/aromatic N) is 3. The van der Waals surface area contributed by atoms with Gasteiger partial charge in [-0.05, 0) is 42.5 Å². The summed E-state index contributed by atoms with van der Waals surface area (Å²) < 4.78 is 15.2. The number of para-hydroxylation sites is 1. The second-order valence-corrected chi connectivity index (χ2v) is 6.63. The first kappa shape index (κ1) is 18.1. The molecule has 1 amide bonds. The van der Waals surface area contributed by atoms with Crippen molar-refractivity contribution in [3.8, 4) is 5.69 Å². The van der Waals surface area contributed by atoms with Crippen molar-refractivity contribution in [3.05, 3.63) is 83.5 Å². The van der Waals surface area contributed by atoms with Gasteiger partial charge in [0, 0.05) is 30.4 Å². The van der Waals surface area contributed by atoms with E-state index in [9.17, 15) is 9.18 Å². The summed E-state index contributed by atoms with van der Waals surface area (Å²) in [5.41, 5.74) is 2.90. The Morgan fingerprint density at radius 3 is 2.71 bits per heavy atom. The van der Waals surface area contributed by atoms with E-state index >= 15 is 0 Å². The van der Waals surface area contributed by atoms with Crippen molar-refractivity contribution >= 4 is 34.4 Å². The summed E-state index contributed by atoms with van der Waals surface area (Å²) in [7, 11) is 0. The maximum absolute atomic E-state index is 13.3. The molecular weight excluding hydrogens is 379 g/mol. The molecule has 2 aromatic carbocycles. The van der Waals surface area contributed by atoms with Gasteiger partial charge in [0.15, 0.2) is 5.65 Å². The molecule has 4 aromatic rings. The summed E-state index contributed by atoms with van der Waals surface area (Å²) in [5, 5.41) is 2.70. The minimum atomic E-state index is -0.524. The van der Waals surface area contributed by atoms with E-state index in [4.69, 9.17) is 11.6 Å². The van der Waals surface area contributed by atoms with Crippen LogP contribution >= 0.6 is 11.6 Å². The summed E-state index contributed by atoms with van der Waals surface area (Å²) in [6.45, 7) is 0. The average molecular weight is 395 g/mol. The molecule has 0 spiro atoms. The molecule has 1 N–H and O–H groups in total. The SMILES string of the molecule is O=C(CCc1nc2cccnc2n1-c1ccccc1)Nc1ccc(F)c(Cl)c1. The number of hydrogen-bond acceptors (Lipinski definition) is 3. The van der Waals surface area contributed by atoms with Crippen molar-refractivity contribution in [1.29, 1.82) is 0 Å². The molecule has 0 saturated heterocycles. The third kappa shape index (κ3) is 3.73. The molecule has 0 radical (unpaired) electrons. The lowest BCUT2D eigenvalue weighted by Gasteiger charge is -2.09. The molecule has 0 fully saturated rings. The van der Waals surface area contributed by atoms with Crippen LogP contribution in [-0.2, 0) is 11.2 Å². The van der Waals surface area contributed by atoms with Gasteiger partial charge in [0.2, 0.25) is 5.91 Å². The number of halogens is 2. The maximum Gasteiger partial charge on any atom is 0.224 e. The van der Waals surface area contributed by atoms with Crippen molar-refractivity contribution in [3.63, 3.8) is 0 Å². The Kier molecular flexibility index (Phi) is 5.04. The van der Waals surface area contributed by atoms with Gasteiger partial charge in [-0.25, -0.2) is 14.4 Å². The molecule has 0 saturated carbocycles. The second-order valence-electron chi connectivity index (χ2n) is 6.22. The largest absolute Gasteiger partial charge is 0.326 e. The zero-order chi connectivity index (χ0) is 19.5. The highest BCUT2D eigenvalue weighted by molar-refractivity contribution is 6.31. The van der Waals surface area contributed by atoms with Crippen molar-refractivity contribution in [2.75, 3.05) is 5.32 Å². The van der Waals surface area contributed by atoms with E-state index in [1.807, 2.05) is 47.0 Å². The molecule has 2 aromatic heterocycles. The Labute approximate surface area is 165 Å². The first-order chi connectivity index (χ1) is 13.6. The summed E-state index contributed by atoms with van der Waals surface area (Å²) in [6.07, 6.45) is 2.36. The van der Waals surface area contributed by atoms with Crippen LogP contribution < -0.4 is 5.32 Å². The van der Waals surface area contributed by atoms with Gasteiger partial charge in [0.05, 0.1) is 5.02 Å². The van der Waals surface area contributed by atoms with E-state index in [0.29, 0.717) is 12.1 Å². The predicted octanol–water partition coefficient (Wildman–Crippen LogP) is 4.78. The van der Waals surface area contributed by atoms with Gasteiger partial charge in [0.1, 0.15) is 17.2 Å². The van der Waals surface area contributed by atoms with Gasteiger partial charge in [-0.1, -0.05) is 29.8 Å². The number of benzene rings is 2. The van der Waals surface area contributed by atoms with Crippen LogP contribution in [0.15, 0.2) is 66.9 Å². The Balaban J connectivity index is 1.56. The lowest BCUT2D eigenvalue weighted by Crippen LogP contribution is -2.14. The van der Waals surface area contributed by atoms with Crippen molar-refractivity contribution < 1.29 is 9.18 Å². The number of hydrogen-bond donors (Lipinski definition) is 1. The number of fused-ring (bicyclic) bond motifs is 1. The van der Waals surface area contributed by atoms with Gasteiger partial charge >= 0.3 is 0 Å². The Hall–Kier alpha value is -3.25. The Bertz CT molecular complexity index is 1140. The molecule has 0 unspecified atom stereocenters. The highest BCUT2D eigenvalue weighted by Crippen LogP contribution is 2.22. The van der Waals surface area contributed by atoms with Crippen LogP contribution in [0.2, 0.25) is 5.02 Å². The van der Waals surface area contributed by atoms with Gasteiger partial charge < -0.3 is 5.32 Å². The molecule has 0 bridgehead atoms. The number of imidazole rings is 1. The number of carbonyl (C=O) groups excluding carboxylic acids is 1. The van der Waals surface area contributed by atoms with Crippen molar-refractivity contribution in [2.45, 2.75) is 12.8 Å². The molecule has 0 atom stereocenters. The number of amides is 1. The van der Waals surface area contributed by atoms with Gasteiger partial charge in [-0.2, -0.15) is 0 Å². The number of aryl methyl sites for hydroxylation is 1. The third-order valence-electron chi connectivity index (χ3n) is 4.28. The molecule has 0 aliphatic heterocycles. The maximum atomic E-state index is 13.3. The monoisotopic (exact) mass is 394 g/mol. The van der Waals surface area contributed by atoms with Crippen LogP contribution in [0, 0.1) is 5.82 Å². The minimum Gasteiger partial charge on any atom is -0.326 e. The smallest absolute Gasteiger partial charge is 0.224 e. The quantitative estimate of drug-likeness (QED) is 0.529. The standard InChI is InChI=1S/C21H16ClFN4O/c22-16-13-14(8-9-17(16)23)25-20(28)11-10-19-26-18-7-4-12-24-21(18)27(19)15-5-2-1-3-6-15/h1-9,12-13H,10-11H2,(H,25,28). The summed E-state index contributed by atoms with van der Waals surface area (Å²) in [4.78, 5) is 21.4. The Morgan fingerprint density at radius 1 is 1.11 bits per heavy atom. The summed E-state index contributed by atoms with van der Waals surface area (Å²) in [6, 6.07) is 17.6. The van der Waals surface area contributed by atoms with E-state index < -0.39 is 5.82 Å². The number of rotatable bonds is 5. The van der Waals surface area contributed by atoms with Crippen LogP contribution in [-0.4, -0.2) is 20.4 Å². The lowest BCUT2D eigenvalue weighted by atomic mass is 10.2. The molecule has 28 heavy (non-hydrogen) atoms. The van der Waals surface area contributed by atoms with E-state index in [1.165, 1.54) is 18.2 Å². The molecule has 0 aliphatic rings. The predicted molar refractivity (Wildman–Crippen MR) is 107 cm³/mol. The summed E-state index contributed by atoms with van der Waals surface area (Å²) >= 11 is 5.76. The van der Waals surface area contributed by atoms with Crippen LogP contribution in [0.4, 0.5) is 10.1 Å². The first-order valence-electron chi connectivity index (χ1n) is 8.74. The van der Waals surface area contributed by atoms with Gasteiger partial charge in [0.25, 0.3) is 0 Å². The fraction of sp³-hybridized carbons (Fsp3) is 0.0952. The lowest BCUT2D eigenvalue weighted by molar-refractivity contribution is -0.116. The fourth-order valence-corrected chi connectivity index (χ4v) is 3.18. The molecule has 140 valence electrons. The van der Waals surface area contributed by atoms with E-state index in [2.05, 4.69) is 15.3 Å². The number of anilines is 1. The second kappa shape index (κ2) is 7.78. The summed E-state index contributed by atoms with van der Waals surface area (Å²) in [5.74, 6) is 0.0123. The van der Waals surface area contributed by atoms with E-state index in [0.717, 1.165) is 22.7 Å². The molecule has 7 heteroatoms. The molecule has 0 aliphatic carbocycles. The Morgan fingerprint density at radius 2 is 1.93 bits per heavy atom. The molecule has 4 rings (SSSR count). The highest BCUT2D eigenvalue weighted by atomic mass is 35.5. The zero-order valence-electron chi connectivity index (χ0n) is 14.8. The highest BCUT2D eigenvalue weighted by Gasteiger charge is 2.15. The number of aromatic nitrogens is 3. The number of pyridine rings is 1. The minimum absolute atomic E-state index is 0.0326. The van der Waals surface area contributed by atoms with E-state index in [1.54, 1.807) is 6.20 Å².